The summed E-state index contributed by atoms with van der Waals surface area (Å²) in [4.78, 5) is 104. The van der Waals surface area contributed by atoms with E-state index in [4.69, 9.17) is 208 Å². The van der Waals surface area contributed by atoms with Crippen molar-refractivity contribution in [3.63, 3.8) is 0 Å². The number of para-hydroxylation sites is 4. The molecule has 4 rings (SSSR count). The van der Waals surface area contributed by atoms with Gasteiger partial charge in [0.15, 0.2) is 5.92 Å². The second-order valence-corrected chi connectivity index (χ2v) is 26.0. The van der Waals surface area contributed by atoms with Gasteiger partial charge in [-0.15, -0.1) is 11.8 Å². The first kappa shape index (κ1) is 139. The number of nitrogens with zero attached hydrogens (tertiary/aromatic N) is 3. The Balaban J connectivity index is -0.000000177. The zero-order valence-electron chi connectivity index (χ0n) is 73.4. The number of thiocarbonyl (C=S) groups is 1. The summed E-state index contributed by atoms with van der Waals surface area (Å²) in [6, 6.07) is 28.3. The van der Waals surface area contributed by atoms with Gasteiger partial charge in [0.1, 0.15) is 11.4 Å². The van der Waals surface area contributed by atoms with Gasteiger partial charge in [0.25, 0.3) is 0 Å². The fourth-order valence-corrected chi connectivity index (χ4v) is 10.4. The molecule has 0 bridgehead atoms. The number of anilines is 2. The second-order valence-electron chi connectivity index (χ2n) is 22.0. The van der Waals surface area contributed by atoms with Gasteiger partial charge >= 0.3 is 77.3 Å². The number of thioether (sulfide) groups is 1. The Bertz CT molecular complexity index is 3480. The van der Waals surface area contributed by atoms with Crippen molar-refractivity contribution in [3.8, 4) is 0 Å². The average molecular weight is 1800 g/mol. The van der Waals surface area contributed by atoms with Gasteiger partial charge in [0, 0.05) is 232 Å². The van der Waals surface area contributed by atoms with Crippen molar-refractivity contribution < 1.29 is 106 Å². The van der Waals surface area contributed by atoms with Crippen LogP contribution >= 0.6 is 83.0 Å². The van der Waals surface area contributed by atoms with Crippen molar-refractivity contribution in [1.82, 2.24) is 0 Å². The molecule has 41 radical (unpaired) electrons. The molecule has 0 saturated heterocycles. The maximum absolute atomic E-state index is 12.2. The molecule has 0 fully saturated rings. The van der Waals surface area contributed by atoms with Crippen molar-refractivity contribution in [1.29, 1.82) is 0 Å². The summed E-state index contributed by atoms with van der Waals surface area (Å²) in [5.74, 6) is -8.03. The minimum absolute atomic E-state index is 0. The van der Waals surface area contributed by atoms with E-state index in [0.29, 0.717) is 55.3 Å². The van der Waals surface area contributed by atoms with Crippen LogP contribution in [0.3, 0.4) is 0 Å². The number of hydrogen-bond donors (Lipinski definition) is 2. The maximum Gasteiger partial charge on any atom is 1.00 e. The normalized spacial score (nSPS) is 9.40. The molecule has 124 heavy (non-hydrogen) atoms. The first-order valence-corrected chi connectivity index (χ1v) is 42.1. The molecule has 0 atom stereocenters. The monoisotopic (exact) mass is 1800 g/mol. The molecule has 4 aromatic rings. The summed E-state index contributed by atoms with van der Waals surface area (Å²) in [6.07, 6.45) is -3.96. The van der Waals surface area contributed by atoms with Gasteiger partial charge in [-0.1, -0.05) is 147 Å². The Morgan fingerprint density at radius 3 is 1.10 bits per heavy atom. The van der Waals surface area contributed by atoms with Gasteiger partial charge in [-0.25, -0.2) is 4.99 Å². The molecule has 1 N–H and O–H groups in total. The van der Waals surface area contributed by atoms with Crippen molar-refractivity contribution in [2.24, 2.45) is 27.7 Å². The van der Waals surface area contributed by atoms with Gasteiger partial charge in [0.2, 0.25) is 11.8 Å². The van der Waals surface area contributed by atoms with Crippen LogP contribution in [0.15, 0.2) is 107 Å². The van der Waals surface area contributed by atoms with E-state index in [0.717, 1.165) is 17.8 Å². The molecular formula is C64H87B31Cl4N4NaO16S4. The van der Waals surface area contributed by atoms with Crippen molar-refractivity contribution in [2.75, 3.05) is 81.2 Å². The maximum atomic E-state index is 12.2. The number of thiol groups is 1. The van der Waals surface area contributed by atoms with Crippen LogP contribution in [0.2, 0.25) is 20.1 Å². The molecule has 0 heterocycles. The number of hydrogen-bond acceptors (Lipinski definition) is 23. The Labute approximate surface area is 834 Å². The van der Waals surface area contributed by atoms with Gasteiger partial charge in [-0.3, -0.25) is 43.3 Å². The molecule has 0 spiro atoms. The summed E-state index contributed by atoms with van der Waals surface area (Å²) < 4.78 is 38.7. The van der Waals surface area contributed by atoms with E-state index in [-0.39, 0.29) is 120 Å². The Kier molecular flexibility index (Phi) is 102. The number of aliphatic imine (C=N–C) groups is 2. The predicted octanol–water partition coefficient (Wildman–Crippen LogP) is 0.154. The van der Waals surface area contributed by atoms with Gasteiger partial charge in [-0.2, -0.15) is 12.6 Å². The van der Waals surface area contributed by atoms with Gasteiger partial charge < -0.3 is 60.7 Å². The smallest absolute Gasteiger partial charge is 0.763 e. The molecule has 20 nitrogen and oxygen atoms in total. The molecule has 0 amide bonds. The molecule has 0 saturated carbocycles. The molecule has 0 aliphatic heterocycles. The van der Waals surface area contributed by atoms with Crippen molar-refractivity contribution in [3.05, 3.63) is 117 Å². The van der Waals surface area contributed by atoms with Gasteiger partial charge in [-0.05, 0) is 117 Å². The average Bonchev–Trinajstić information content (AvgIpc) is 0.814. The summed E-state index contributed by atoms with van der Waals surface area (Å²) in [5, 5.41) is 5.20. The van der Waals surface area contributed by atoms with Crippen LogP contribution in [0.4, 0.5) is 22.7 Å². The Hall–Kier alpha value is -3.24. The van der Waals surface area contributed by atoms with Crippen LogP contribution in [-0.2, 0) is 88.9 Å². The third-order valence-corrected chi connectivity index (χ3v) is 16.4. The molecule has 4 aromatic carbocycles. The molecule has 0 aliphatic carbocycles. The van der Waals surface area contributed by atoms with Crippen LogP contribution in [0.1, 0.15) is 103 Å². The topological polar surface area (TPSA) is 250 Å². The fraction of sp³-hybridized carbons (Fsp3) is 0.453. The molecule has 605 valence electrons. The Morgan fingerprint density at radius 1 is 0.484 bits per heavy atom. The number of carbonyl (C=O) groups is 8. The fourth-order valence-electron chi connectivity index (χ4n) is 7.94. The number of benzene rings is 4. The van der Waals surface area contributed by atoms with E-state index >= 15 is 0 Å². The van der Waals surface area contributed by atoms with E-state index < -0.39 is 104 Å². The molecule has 0 aromatic heterocycles. The number of rotatable bonds is 36. The molecular weight excluding hydrogens is 1710 g/mol. The van der Waals surface area contributed by atoms with Crippen LogP contribution < -0.4 is 39.8 Å². The van der Waals surface area contributed by atoms with Gasteiger partial charge in [0.05, 0.1) is 107 Å². The van der Waals surface area contributed by atoms with Crippen molar-refractivity contribution in [2.45, 2.75) is 103 Å². The van der Waals surface area contributed by atoms with Crippen LogP contribution in [0.25, 0.3) is 0 Å². The quantitative estimate of drug-likeness (QED) is 0.00588. The third-order valence-electron chi connectivity index (χ3n) is 13.2. The number of halogens is 4. The summed E-state index contributed by atoms with van der Waals surface area (Å²) in [5.41, 5.74) is 2.42. The standard InChI is InChI=1S/2C16H20ClNO4S.C14H16ClNO4S.C7H8ClNS.C7H12O4.2C2H6.B12.B9.B6.B3.B.Na/c1-4-21-15(19)13(16(20)22-5-2)14(23-6-3)18-12-10-8-7-9-11(12)17;1-4-18(12-10-8-7-9-11(12)17)14(23)13(15(19)21-5-2)16(20)22-6-3;1-3-19-13(17)11(14(18)20-4-2)12(21)16-10-8-6-5-7-9(10)15;8-6-3-1-2-4-7(6)9-5-10;1-3-10-6(8)5-7(9)11-4-2;2*1-2;1-7-10(5)12(9(3)4)11(6)8-2;1-7(2)6-9(5)8(3)4;1-4-6(3)5-2;1-3-2;;/h2*7-10,13H,4-6H2,1-3H3;5-8,11H,3-4H2,1-2H3,(H,16,21);1-4,9-10H,5H2;3-5H2,1-2H3;2*1-2H3;;;;;;/q;;;;;;;;;;;;+1/p-1. The van der Waals surface area contributed by atoms with E-state index in [9.17, 15) is 38.4 Å². The second kappa shape index (κ2) is 91.6. The molecule has 0 aliphatic rings. The summed E-state index contributed by atoms with van der Waals surface area (Å²) in [6.45, 7) is 27.0. The number of esters is 8. The van der Waals surface area contributed by atoms with E-state index in [1.807, 2.05) is 65.8 Å². The largest absolute Gasteiger partial charge is 1.00 e. The third kappa shape index (κ3) is 67.0. The number of ether oxygens (including phenoxy) is 8. The number of nitrogens with one attached hydrogen (secondary N) is 1. The van der Waals surface area contributed by atoms with E-state index in [2.05, 4.69) is 52.9 Å². The Morgan fingerprint density at radius 2 is 0.815 bits per heavy atom. The zero-order valence-corrected chi connectivity index (χ0v) is 81.8. The zero-order chi connectivity index (χ0) is 95.4. The van der Waals surface area contributed by atoms with E-state index in [1.165, 1.54) is 47.1 Å². The summed E-state index contributed by atoms with van der Waals surface area (Å²) in [7, 11) is 90.3. The van der Waals surface area contributed by atoms with Crippen LogP contribution in [0.5, 0.6) is 0 Å². The van der Waals surface area contributed by atoms with Crippen LogP contribution in [-0.4, -0.2) is 360 Å². The first-order valence-electron chi connectivity index (χ1n) is 38.2. The molecule has 60 heteroatoms. The minimum Gasteiger partial charge on any atom is -0.763 e. The SMILES string of the molecule is CC.CC.CCOC(=O)C(C(=O)OCC)C(=Nc1ccccc1Cl)SCC.CCOC(=O)C(C(=O)OCC)C(=S)N(CC)c1ccccc1Cl.CCOC(=O)C(C(=O)OCC)C([S-])=Nc1ccccc1Cl.CCOC(=O)CC(=O)OCC.SCNc1ccccc1Cl.[B].[B]B([B])[B]B([B])B([B])[B].[B][B]B([B])B(B([B])[B])B([B])[B][B].[B][B]B([B])[B][B].[B][B][B].[Na+]. The first-order chi connectivity index (χ1) is 57.9. The number of carbonyl (C=O) groups excluding carboxylic acids is 8. The summed E-state index contributed by atoms with van der Waals surface area (Å²) >= 11 is 39.8. The van der Waals surface area contributed by atoms with Crippen molar-refractivity contribution >= 4 is 407 Å². The predicted molar refractivity (Wildman–Crippen MR) is 558 cm³/mol. The molecule has 0 unspecified atom stereocenters. The van der Waals surface area contributed by atoms with E-state index in [1.54, 1.807) is 133 Å². The minimum atomic E-state index is -1.36. The van der Waals surface area contributed by atoms with Crippen LogP contribution in [0, 0.1) is 17.8 Å².